The molecule has 4 nitrogen and oxygen atoms in total. The van der Waals surface area contributed by atoms with E-state index in [0.29, 0.717) is 18.9 Å². The van der Waals surface area contributed by atoms with Crippen LogP contribution in [0.15, 0.2) is 18.2 Å². The average Bonchev–Trinajstić information content (AvgIpc) is 3.35. The minimum atomic E-state index is -0.445. The number of likely N-dealkylation sites (N-methyl/N-ethyl adjacent to an activating group) is 1. The summed E-state index contributed by atoms with van der Waals surface area (Å²) < 4.78 is 14.0. The summed E-state index contributed by atoms with van der Waals surface area (Å²) in [6, 6.07) is 4.69. The highest BCUT2D eigenvalue weighted by Gasteiger charge is 2.33. The van der Waals surface area contributed by atoms with E-state index in [2.05, 4.69) is 12.2 Å². The number of fused-ring (bicyclic) bond motifs is 1. The smallest absolute Gasteiger partial charge is 0.317 e. The largest absolute Gasteiger partial charge is 0.391 e. The van der Waals surface area contributed by atoms with Crippen molar-refractivity contribution in [3.63, 3.8) is 0 Å². The molecule has 0 saturated heterocycles. The molecule has 0 heterocycles. The normalized spacial score (nSPS) is 24.7. The summed E-state index contributed by atoms with van der Waals surface area (Å²) in [5.74, 6) is 0.412. The van der Waals surface area contributed by atoms with Gasteiger partial charge in [0.1, 0.15) is 5.82 Å². The Labute approximate surface area is 136 Å². The van der Waals surface area contributed by atoms with E-state index in [1.165, 1.54) is 11.0 Å². The number of rotatable bonds is 4. The van der Waals surface area contributed by atoms with Crippen LogP contribution in [0.3, 0.4) is 0 Å². The fraction of sp³-hybridized carbons (Fsp3) is 0.611. The van der Waals surface area contributed by atoms with E-state index in [4.69, 9.17) is 0 Å². The van der Waals surface area contributed by atoms with Gasteiger partial charge < -0.3 is 15.3 Å². The number of hydrogen-bond donors (Lipinski definition) is 2. The Morgan fingerprint density at radius 1 is 1.43 bits per heavy atom. The third-order valence-corrected chi connectivity index (χ3v) is 5.16. The first-order valence-corrected chi connectivity index (χ1v) is 8.44. The number of aliphatic hydroxyl groups is 1. The van der Waals surface area contributed by atoms with E-state index in [1.807, 2.05) is 6.07 Å². The van der Waals surface area contributed by atoms with E-state index >= 15 is 0 Å². The monoisotopic (exact) mass is 320 g/mol. The predicted molar refractivity (Wildman–Crippen MR) is 86.5 cm³/mol. The van der Waals surface area contributed by atoms with Crippen LogP contribution < -0.4 is 5.32 Å². The third-order valence-electron chi connectivity index (χ3n) is 5.16. The molecule has 0 aromatic heterocycles. The molecule has 2 amide bonds. The highest BCUT2D eigenvalue weighted by molar-refractivity contribution is 5.74. The molecule has 0 radical (unpaired) electrons. The fourth-order valence-corrected chi connectivity index (χ4v) is 3.43. The van der Waals surface area contributed by atoms with E-state index in [1.54, 1.807) is 13.1 Å². The number of nitrogens with one attached hydrogen (secondary N) is 1. The average molecular weight is 320 g/mol. The van der Waals surface area contributed by atoms with Crippen molar-refractivity contribution in [1.82, 2.24) is 10.2 Å². The zero-order chi connectivity index (χ0) is 16.6. The molecule has 1 fully saturated rings. The first kappa shape index (κ1) is 16.2. The summed E-state index contributed by atoms with van der Waals surface area (Å²) in [7, 11) is 1.70. The quantitative estimate of drug-likeness (QED) is 0.896. The molecule has 3 rings (SSSR count). The van der Waals surface area contributed by atoms with Crippen molar-refractivity contribution in [3.8, 4) is 0 Å². The molecule has 1 aromatic carbocycles. The molecular weight excluding hydrogens is 295 g/mol. The van der Waals surface area contributed by atoms with Crippen LogP contribution in [0.1, 0.15) is 43.4 Å². The Hall–Kier alpha value is -1.62. The molecule has 2 aliphatic rings. The number of benzene rings is 1. The van der Waals surface area contributed by atoms with Gasteiger partial charge in [0.25, 0.3) is 0 Å². The van der Waals surface area contributed by atoms with Gasteiger partial charge in [-0.15, -0.1) is 0 Å². The second-order valence-corrected chi connectivity index (χ2v) is 7.04. The van der Waals surface area contributed by atoms with Gasteiger partial charge in [-0.1, -0.05) is 19.1 Å². The van der Waals surface area contributed by atoms with Gasteiger partial charge >= 0.3 is 6.03 Å². The molecule has 2 N–H and O–H groups in total. The molecule has 2 aliphatic carbocycles. The molecule has 5 heteroatoms. The lowest BCUT2D eigenvalue weighted by molar-refractivity contribution is 0.111. The van der Waals surface area contributed by atoms with Gasteiger partial charge in [-0.3, -0.25) is 0 Å². The summed E-state index contributed by atoms with van der Waals surface area (Å²) in [6.07, 6.45) is 3.21. The van der Waals surface area contributed by atoms with Crippen LogP contribution in [0.2, 0.25) is 0 Å². The molecule has 0 unspecified atom stereocenters. The number of aliphatic hydroxyl groups excluding tert-OH is 1. The zero-order valence-corrected chi connectivity index (χ0v) is 13.8. The van der Waals surface area contributed by atoms with Gasteiger partial charge in [0.05, 0.1) is 12.1 Å². The van der Waals surface area contributed by atoms with E-state index < -0.39 is 6.10 Å². The van der Waals surface area contributed by atoms with Gasteiger partial charge in [0.2, 0.25) is 0 Å². The summed E-state index contributed by atoms with van der Waals surface area (Å²) in [5, 5.41) is 13.0. The molecule has 23 heavy (non-hydrogen) atoms. The summed E-state index contributed by atoms with van der Waals surface area (Å²) in [6.45, 7) is 2.42. The maximum atomic E-state index is 14.0. The maximum absolute atomic E-state index is 14.0. The van der Waals surface area contributed by atoms with Crippen molar-refractivity contribution < 1.29 is 14.3 Å². The number of urea groups is 1. The molecule has 1 aromatic rings. The second-order valence-electron chi connectivity index (χ2n) is 7.04. The predicted octanol–water partition coefficient (Wildman–Crippen LogP) is 2.86. The Morgan fingerprint density at radius 2 is 2.17 bits per heavy atom. The maximum Gasteiger partial charge on any atom is 0.317 e. The molecule has 0 spiro atoms. The molecule has 1 saturated carbocycles. The Bertz CT molecular complexity index is 588. The fourth-order valence-electron chi connectivity index (χ4n) is 3.43. The van der Waals surface area contributed by atoms with Crippen molar-refractivity contribution in [2.75, 3.05) is 13.6 Å². The summed E-state index contributed by atoms with van der Waals surface area (Å²) >= 11 is 0. The van der Waals surface area contributed by atoms with Crippen molar-refractivity contribution in [2.24, 2.45) is 11.8 Å². The minimum absolute atomic E-state index is 0.178. The highest BCUT2D eigenvalue weighted by Crippen LogP contribution is 2.36. The lowest BCUT2D eigenvalue weighted by Crippen LogP contribution is -2.45. The second kappa shape index (κ2) is 6.48. The number of carbonyl (C=O) groups excluding carboxylic acids is 1. The molecule has 0 bridgehead atoms. The first-order valence-electron chi connectivity index (χ1n) is 8.44. The number of amides is 2. The van der Waals surface area contributed by atoms with Crippen molar-refractivity contribution >= 4 is 6.03 Å². The number of nitrogens with zero attached hydrogens (tertiary/aromatic N) is 1. The van der Waals surface area contributed by atoms with E-state index in [0.717, 1.165) is 30.4 Å². The van der Waals surface area contributed by atoms with Crippen molar-refractivity contribution in [3.05, 3.63) is 35.1 Å². The third kappa shape index (κ3) is 3.50. The molecular formula is C18H25FN2O2. The number of halogens is 1. The van der Waals surface area contributed by atoms with Gasteiger partial charge in [0, 0.05) is 13.6 Å². The van der Waals surface area contributed by atoms with Crippen LogP contribution in [-0.4, -0.2) is 35.7 Å². The minimum Gasteiger partial charge on any atom is -0.391 e. The van der Waals surface area contributed by atoms with Crippen LogP contribution in [0.5, 0.6) is 0 Å². The Morgan fingerprint density at radius 3 is 2.87 bits per heavy atom. The van der Waals surface area contributed by atoms with Gasteiger partial charge in [0.15, 0.2) is 0 Å². The zero-order valence-electron chi connectivity index (χ0n) is 13.8. The van der Waals surface area contributed by atoms with Gasteiger partial charge in [-0.2, -0.15) is 0 Å². The van der Waals surface area contributed by atoms with Crippen LogP contribution >= 0.6 is 0 Å². The van der Waals surface area contributed by atoms with Crippen LogP contribution in [-0.2, 0) is 6.42 Å². The van der Waals surface area contributed by atoms with E-state index in [9.17, 15) is 14.3 Å². The topological polar surface area (TPSA) is 52.6 Å². The highest BCUT2D eigenvalue weighted by atomic mass is 19.1. The van der Waals surface area contributed by atoms with Crippen molar-refractivity contribution in [1.29, 1.82) is 0 Å². The van der Waals surface area contributed by atoms with E-state index in [-0.39, 0.29) is 23.8 Å². The lowest BCUT2D eigenvalue weighted by Gasteiger charge is -2.33. The first-order chi connectivity index (χ1) is 11.0. The Balaban J connectivity index is 1.69. The Kier molecular flexibility index (Phi) is 4.57. The summed E-state index contributed by atoms with van der Waals surface area (Å²) in [4.78, 5) is 14.0. The molecule has 3 atom stereocenters. The van der Waals surface area contributed by atoms with Crippen molar-refractivity contribution in [2.45, 2.75) is 44.8 Å². The standard InChI is InChI=1S/C18H25FN2O2/c1-11-6-9-13-14(4-3-5-15(13)19)17(11)20-18(23)21(2)10-16(22)12-7-8-12/h3-5,11-12,16-17,22H,6-10H2,1-2H3,(H,20,23)/t11-,16-,17-/m1/s1. The lowest BCUT2D eigenvalue weighted by atomic mass is 9.80. The molecule has 126 valence electrons. The molecule has 0 aliphatic heterocycles. The SMILES string of the molecule is C[C@@H]1CCc2c(F)cccc2[C@@H]1NC(=O)N(C)C[C@@H](O)C1CC1. The van der Waals surface area contributed by atoms with Crippen LogP contribution in [0.4, 0.5) is 9.18 Å². The summed E-state index contributed by atoms with van der Waals surface area (Å²) in [5.41, 5.74) is 1.60. The van der Waals surface area contributed by atoms with Gasteiger partial charge in [-0.25, -0.2) is 9.18 Å². The van der Waals surface area contributed by atoms with Crippen LogP contribution in [0, 0.1) is 17.7 Å². The van der Waals surface area contributed by atoms with Gasteiger partial charge in [-0.05, 0) is 54.7 Å². The number of hydrogen-bond acceptors (Lipinski definition) is 2. The number of carbonyl (C=O) groups is 1. The van der Waals surface area contributed by atoms with Crippen LogP contribution in [0.25, 0.3) is 0 Å².